The van der Waals surface area contributed by atoms with Crippen LogP contribution in [0.25, 0.3) is 0 Å². The fourth-order valence-corrected chi connectivity index (χ4v) is 1.22. The van der Waals surface area contributed by atoms with Crippen LogP contribution in [0.4, 0.5) is 0 Å². The molecular weight excluding hydrogens is 145 g/mol. The fraction of sp³-hybridized carbons (Fsp3) is 1.00. The molecule has 2 nitrogen and oxygen atoms in total. The molecule has 0 atom stereocenters. The summed E-state index contributed by atoms with van der Waals surface area (Å²) in [6, 6.07) is 0. The zero-order chi connectivity index (χ0) is 8.04. The third-order valence-electron chi connectivity index (χ3n) is 2.42. The first-order valence-corrected chi connectivity index (χ1v) is 4.08. The highest BCUT2D eigenvalue weighted by atomic mass is 19.0. The first kappa shape index (κ1) is 13.4. The summed E-state index contributed by atoms with van der Waals surface area (Å²) >= 11 is 0. The molecule has 0 radical (unpaired) electrons. The smallest absolute Gasteiger partial charge is 0.182 e. The summed E-state index contributed by atoms with van der Waals surface area (Å²) in [5.74, 6) is 0. The Kier molecular flexibility index (Phi) is 8.01. The van der Waals surface area contributed by atoms with Gasteiger partial charge in [0, 0.05) is 7.11 Å². The van der Waals surface area contributed by atoms with Crippen LogP contribution in [0.15, 0.2) is 0 Å². The normalized spacial score (nSPS) is 10.9. The highest BCUT2D eigenvalue weighted by molar-refractivity contribution is 4.28. The predicted octanol–water partition coefficient (Wildman–Crippen LogP) is -1.53. The van der Waals surface area contributed by atoms with Gasteiger partial charge in [0.05, 0.1) is 19.6 Å². The minimum Gasteiger partial charge on any atom is -1.00 e. The molecule has 0 aliphatic heterocycles. The van der Waals surface area contributed by atoms with E-state index in [1.54, 1.807) is 7.11 Å². The molecule has 0 bridgehead atoms. The van der Waals surface area contributed by atoms with Crippen LogP contribution >= 0.6 is 0 Å². The summed E-state index contributed by atoms with van der Waals surface area (Å²) in [6.07, 6.45) is 0. The second-order valence-corrected chi connectivity index (χ2v) is 2.71. The van der Waals surface area contributed by atoms with Crippen molar-refractivity contribution in [2.24, 2.45) is 0 Å². The third-order valence-corrected chi connectivity index (χ3v) is 2.42. The van der Waals surface area contributed by atoms with Crippen molar-refractivity contribution in [3.05, 3.63) is 0 Å². The molecule has 0 fully saturated rings. The second kappa shape index (κ2) is 6.55. The Morgan fingerprint density at radius 2 is 1.36 bits per heavy atom. The number of halogens is 1. The van der Waals surface area contributed by atoms with Crippen molar-refractivity contribution in [1.82, 2.24) is 0 Å². The Morgan fingerprint density at radius 1 is 1.00 bits per heavy atom. The number of nitrogens with zero attached hydrogens (tertiary/aromatic N) is 1. The monoisotopic (exact) mass is 165 g/mol. The Morgan fingerprint density at radius 3 is 1.45 bits per heavy atom. The van der Waals surface area contributed by atoms with E-state index in [4.69, 9.17) is 4.74 Å². The average Bonchev–Trinajstić information content (AvgIpc) is 2.01. The summed E-state index contributed by atoms with van der Waals surface area (Å²) in [4.78, 5) is 0. The van der Waals surface area contributed by atoms with Gasteiger partial charge in [0.2, 0.25) is 0 Å². The fourth-order valence-electron chi connectivity index (χ4n) is 1.22. The topological polar surface area (TPSA) is 9.23 Å². The quantitative estimate of drug-likeness (QED) is 0.355. The van der Waals surface area contributed by atoms with Gasteiger partial charge in [-0.05, 0) is 20.8 Å². The van der Waals surface area contributed by atoms with E-state index in [2.05, 4.69) is 20.8 Å². The van der Waals surface area contributed by atoms with E-state index in [1.807, 2.05) is 0 Å². The minimum absolute atomic E-state index is 0. The predicted molar refractivity (Wildman–Crippen MR) is 43.8 cm³/mol. The first-order valence-electron chi connectivity index (χ1n) is 4.08. The minimum atomic E-state index is 0. The van der Waals surface area contributed by atoms with Crippen molar-refractivity contribution in [3.8, 4) is 0 Å². The van der Waals surface area contributed by atoms with Crippen LogP contribution in [0.1, 0.15) is 20.8 Å². The molecule has 0 aliphatic rings. The van der Waals surface area contributed by atoms with Crippen molar-refractivity contribution >= 4 is 0 Å². The van der Waals surface area contributed by atoms with Crippen molar-refractivity contribution in [1.29, 1.82) is 0 Å². The van der Waals surface area contributed by atoms with Crippen LogP contribution in [0.5, 0.6) is 0 Å². The van der Waals surface area contributed by atoms with Gasteiger partial charge in [0.25, 0.3) is 0 Å². The van der Waals surface area contributed by atoms with E-state index < -0.39 is 0 Å². The molecule has 0 N–H and O–H groups in total. The third kappa shape index (κ3) is 3.68. The lowest BCUT2D eigenvalue weighted by atomic mass is 10.4. The van der Waals surface area contributed by atoms with Gasteiger partial charge in [-0.1, -0.05) is 0 Å². The maximum absolute atomic E-state index is 5.15. The molecule has 3 heteroatoms. The molecule has 11 heavy (non-hydrogen) atoms. The summed E-state index contributed by atoms with van der Waals surface area (Å²) in [5, 5.41) is 0. The van der Waals surface area contributed by atoms with E-state index in [9.17, 15) is 0 Å². The lowest BCUT2D eigenvalue weighted by molar-refractivity contribution is -0.940. The molecule has 0 aromatic rings. The summed E-state index contributed by atoms with van der Waals surface area (Å²) < 4.78 is 6.23. The van der Waals surface area contributed by atoms with E-state index in [0.29, 0.717) is 0 Å². The number of methoxy groups -OCH3 is 1. The molecule has 0 aromatic heterocycles. The molecule has 0 saturated carbocycles. The highest BCUT2D eigenvalue weighted by Crippen LogP contribution is 2.04. The van der Waals surface area contributed by atoms with Gasteiger partial charge in [-0.2, -0.15) is 0 Å². The van der Waals surface area contributed by atoms with Crippen LogP contribution in [0.2, 0.25) is 0 Å². The van der Waals surface area contributed by atoms with Crippen molar-refractivity contribution in [2.45, 2.75) is 20.8 Å². The molecule has 0 aromatic carbocycles. The van der Waals surface area contributed by atoms with Crippen LogP contribution in [0, 0.1) is 0 Å². The summed E-state index contributed by atoms with van der Waals surface area (Å²) in [6.45, 7) is 11.0. The molecule has 70 valence electrons. The summed E-state index contributed by atoms with van der Waals surface area (Å²) in [7, 11) is 1.77. The van der Waals surface area contributed by atoms with Crippen LogP contribution in [0.3, 0.4) is 0 Å². The van der Waals surface area contributed by atoms with Gasteiger partial charge in [0.1, 0.15) is 0 Å². The Labute approximate surface area is 69.1 Å². The van der Waals surface area contributed by atoms with Crippen molar-refractivity contribution < 1.29 is 13.9 Å². The average molecular weight is 165 g/mol. The van der Waals surface area contributed by atoms with Gasteiger partial charge in [-0.15, -0.1) is 0 Å². The van der Waals surface area contributed by atoms with Crippen LogP contribution < -0.4 is 4.70 Å². The molecule has 0 spiro atoms. The second-order valence-electron chi connectivity index (χ2n) is 2.71. The van der Waals surface area contributed by atoms with Gasteiger partial charge in [-0.25, -0.2) is 0 Å². The van der Waals surface area contributed by atoms with E-state index in [1.165, 1.54) is 19.6 Å². The highest BCUT2D eigenvalue weighted by Gasteiger charge is 2.19. The molecule has 0 amide bonds. The standard InChI is InChI=1S/C8H20NO.FH/c1-5-9(6-2,7-3)8-10-4;/h5-8H2,1-4H3;1H/q+1;/p-1. The van der Waals surface area contributed by atoms with Gasteiger partial charge < -0.3 is 13.9 Å². The molecule has 0 aliphatic carbocycles. The number of hydrogen-bond acceptors (Lipinski definition) is 1. The first-order chi connectivity index (χ1) is 4.74. The maximum atomic E-state index is 5.15. The molecule has 0 rings (SSSR count). The van der Waals surface area contributed by atoms with Gasteiger partial charge in [0.15, 0.2) is 6.73 Å². The molecule has 0 saturated heterocycles. The van der Waals surface area contributed by atoms with Crippen molar-refractivity contribution in [2.75, 3.05) is 33.5 Å². The number of rotatable bonds is 5. The van der Waals surface area contributed by atoms with Crippen molar-refractivity contribution in [3.63, 3.8) is 0 Å². The number of ether oxygens (including phenoxy) is 1. The van der Waals surface area contributed by atoms with E-state index in [0.717, 1.165) is 11.2 Å². The molecule has 0 heterocycles. The Hall–Kier alpha value is -0.150. The van der Waals surface area contributed by atoms with E-state index >= 15 is 0 Å². The van der Waals surface area contributed by atoms with Gasteiger partial charge >= 0.3 is 0 Å². The number of hydrogen-bond donors (Lipinski definition) is 0. The zero-order valence-corrected chi connectivity index (χ0v) is 8.06. The molecular formula is C8H20FNO. The number of quaternary nitrogens is 1. The zero-order valence-electron chi connectivity index (χ0n) is 8.06. The SMILES string of the molecule is CC[N+](CC)(CC)COC.[F-]. The lowest BCUT2D eigenvalue weighted by Crippen LogP contribution is -3.00. The van der Waals surface area contributed by atoms with Crippen LogP contribution in [-0.2, 0) is 4.74 Å². The Balaban J connectivity index is 0. The maximum Gasteiger partial charge on any atom is 0.182 e. The lowest BCUT2D eigenvalue weighted by Gasteiger charge is -2.34. The summed E-state index contributed by atoms with van der Waals surface area (Å²) in [5.41, 5.74) is 0. The van der Waals surface area contributed by atoms with E-state index in [-0.39, 0.29) is 4.70 Å². The van der Waals surface area contributed by atoms with Gasteiger partial charge in [-0.3, -0.25) is 0 Å². The largest absolute Gasteiger partial charge is 1.00 e. The molecule has 0 unspecified atom stereocenters. The van der Waals surface area contributed by atoms with Crippen LogP contribution in [-0.4, -0.2) is 38.0 Å². The Bertz CT molecular complexity index is 75.9.